The summed E-state index contributed by atoms with van der Waals surface area (Å²) >= 11 is 0. The maximum Gasteiger partial charge on any atom is 0.0632 e. The molecular weight excluding hydrogens is 474 g/mol. The van der Waals surface area contributed by atoms with E-state index in [1.54, 1.807) is 0 Å². The minimum absolute atomic E-state index is 0.0309. The molecule has 0 rings (SSSR count). The van der Waals surface area contributed by atoms with E-state index in [0.29, 0.717) is 19.8 Å². The van der Waals surface area contributed by atoms with Crippen LogP contribution in [-0.2, 0) is 14.2 Å². The lowest BCUT2D eigenvalue weighted by molar-refractivity contribution is -0.116. The summed E-state index contributed by atoms with van der Waals surface area (Å²) in [5.41, 5.74) is 17.6. The summed E-state index contributed by atoms with van der Waals surface area (Å²) in [6.45, 7) is 34.1. The van der Waals surface area contributed by atoms with Gasteiger partial charge in [-0.2, -0.15) is 0 Å². The lowest BCUT2D eigenvalue weighted by Gasteiger charge is -2.46. The fourth-order valence-electron chi connectivity index (χ4n) is 4.83. The Labute approximate surface area is 237 Å². The Kier molecular flexibility index (Phi) is 14.0. The molecule has 38 heavy (non-hydrogen) atoms. The second-order valence-corrected chi connectivity index (χ2v) is 15.9. The van der Waals surface area contributed by atoms with Crippen LogP contribution in [0.2, 0.25) is 0 Å². The molecular formula is C32H69N3O3. The number of nitrogens with two attached hydrogens (primary N) is 3. The number of ether oxygens (including phenoxy) is 3. The van der Waals surface area contributed by atoms with Gasteiger partial charge in [-0.3, -0.25) is 0 Å². The lowest BCUT2D eigenvalue weighted by atomic mass is 9.67. The molecule has 0 aliphatic rings. The highest BCUT2D eigenvalue weighted by atomic mass is 16.5. The van der Waals surface area contributed by atoms with Gasteiger partial charge < -0.3 is 31.4 Å². The molecule has 0 aromatic rings. The Bertz CT molecular complexity index is 633. The molecule has 0 amide bonds. The summed E-state index contributed by atoms with van der Waals surface area (Å²) in [6, 6.07) is 0. The van der Waals surface area contributed by atoms with Crippen molar-refractivity contribution in [2.45, 2.75) is 163 Å². The average molecular weight is 544 g/mol. The van der Waals surface area contributed by atoms with E-state index in [0.717, 1.165) is 25.7 Å². The van der Waals surface area contributed by atoms with Crippen molar-refractivity contribution in [3.63, 3.8) is 0 Å². The highest BCUT2D eigenvalue weighted by Crippen LogP contribution is 2.46. The van der Waals surface area contributed by atoms with Crippen molar-refractivity contribution in [2.75, 3.05) is 19.8 Å². The van der Waals surface area contributed by atoms with E-state index in [-0.39, 0.29) is 57.1 Å². The van der Waals surface area contributed by atoms with Gasteiger partial charge in [0.25, 0.3) is 0 Å². The Balaban J connectivity index is 5.85. The zero-order valence-electron chi connectivity index (χ0n) is 28.2. The minimum Gasteiger partial charge on any atom is -0.378 e. The van der Waals surface area contributed by atoms with Crippen LogP contribution < -0.4 is 17.2 Å². The molecule has 0 aliphatic carbocycles. The van der Waals surface area contributed by atoms with E-state index in [4.69, 9.17) is 31.4 Å². The van der Waals surface area contributed by atoms with Gasteiger partial charge in [-0.15, -0.1) is 0 Å². The maximum absolute atomic E-state index is 6.56. The molecule has 230 valence electrons. The van der Waals surface area contributed by atoms with E-state index in [1.165, 1.54) is 0 Å². The van der Waals surface area contributed by atoms with Crippen molar-refractivity contribution in [3.8, 4) is 0 Å². The first-order valence-corrected chi connectivity index (χ1v) is 15.0. The summed E-state index contributed by atoms with van der Waals surface area (Å²) in [5, 5.41) is 0. The summed E-state index contributed by atoms with van der Waals surface area (Å²) in [5.74, 6) is 0.770. The highest BCUT2D eigenvalue weighted by Gasteiger charge is 2.42. The van der Waals surface area contributed by atoms with Crippen LogP contribution in [0, 0.1) is 23.2 Å². The lowest BCUT2D eigenvalue weighted by Crippen LogP contribution is -2.46. The van der Waals surface area contributed by atoms with Crippen molar-refractivity contribution < 1.29 is 14.2 Å². The Morgan fingerprint density at radius 1 is 0.553 bits per heavy atom. The van der Waals surface area contributed by atoms with Gasteiger partial charge in [0.05, 0.1) is 37.1 Å². The summed E-state index contributed by atoms with van der Waals surface area (Å²) in [4.78, 5) is 0. The molecule has 4 unspecified atom stereocenters. The Hall–Kier alpha value is -0.240. The van der Waals surface area contributed by atoms with Gasteiger partial charge >= 0.3 is 0 Å². The van der Waals surface area contributed by atoms with Crippen LogP contribution in [0.3, 0.4) is 0 Å². The van der Waals surface area contributed by atoms with Gasteiger partial charge in [0.1, 0.15) is 0 Å². The molecule has 0 bridgehead atoms. The van der Waals surface area contributed by atoms with E-state index < -0.39 is 0 Å². The van der Waals surface area contributed by atoms with Crippen molar-refractivity contribution in [3.05, 3.63) is 0 Å². The zero-order valence-corrected chi connectivity index (χ0v) is 28.2. The van der Waals surface area contributed by atoms with E-state index in [9.17, 15) is 0 Å². The first-order valence-electron chi connectivity index (χ1n) is 15.0. The van der Waals surface area contributed by atoms with Crippen molar-refractivity contribution in [2.24, 2.45) is 40.4 Å². The third-order valence-corrected chi connectivity index (χ3v) is 8.96. The SMILES string of the molecule is CCC(CC(C)OCC(C)C(C)(C)N)(CC(C)(C)OCC(C)C(C)(C)N)CC(C)(C)OCC(C)C(C)(C)N. The van der Waals surface area contributed by atoms with Gasteiger partial charge in [-0.1, -0.05) is 34.1 Å². The van der Waals surface area contributed by atoms with Gasteiger partial charge in [0, 0.05) is 16.6 Å². The third-order valence-electron chi connectivity index (χ3n) is 8.96. The number of hydrogen-bond acceptors (Lipinski definition) is 6. The third kappa shape index (κ3) is 14.4. The van der Waals surface area contributed by atoms with Crippen LogP contribution in [0.25, 0.3) is 0 Å². The van der Waals surface area contributed by atoms with Crippen molar-refractivity contribution >= 4 is 0 Å². The molecule has 6 heteroatoms. The molecule has 0 saturated heterocycles. The predicted molar refractivity (Wildman–Crippen MR) is 164 cm³/mol. The standard InChI is InChI=1S/C32H69N3O3/c1-16-32(17-26(5)36-18-23(2)29(10,11)33,21-27(6,7)37-19-24(3)30(12,13)34)22-28(8,9)38-20-25(4)31(14,15)35/h23-26H,16-22,33-35H2,1-15H3. The quantitative estimate of drug-likeness (QED) is 0.168. The predicted octanol–water partition coefficient (Wildman–Crippen LogP) is 6.67. The van der Waals surface area contributed by atoms with Crippen LogP contribution in [0.1, 0.15) is 130 Å². The van der Waals surface area contributed by atoms with Crippen molar-refractivity contribution in [1.29, 1.82) is 0 Å². The van der Waals surface area contributed by atoms with Gasteiger partial charge in [-0.05, 0) is 119 Å². The maximum atomic E-state index is 6.56. The molecule has 0 fully saturated rings. The molecule has 0 spiro atoms. The molecule has 0 heterocycles. The van der Waals surface area contributed by atoms with E-state index in [2.05, 4.69) is 104 Å². The van der Waals surface area contributed by atoms with E-state index in [1.807, 2.05) is 0 Å². The van der Waals surface area contributed by atoms with Gasteiger partial charge in [0.15, 0.2) is 0 Å². The smallest absolute Gasteiger partial charge is 0.0632 e. The monoisotopic (exact) mass is 544 g/mol. The first-order chi connectivity index (χ1) is 16.8. The summed E-state index contributed by atoms with van der Waals surface area (Å²) in [7, 11) is 0. The average Bonchev–Trinajstić information content (AvgIpc) is 2.71. The molecule has 4 atom stereocenters. The molecule has 6 N–H and O–H groups in total. The second-order valence-electron chi connectivity index (χ2n) is 15.9. The van der Waals surface area contributed by atoms with Gasteiger partial charge in [0.2, 0.25) is 0 Å². The van der Waals surface area contributed by atoms with Crippen LogP contribution in [0.4, 0.5) is 0 Å². The Morgan fingerprint density at radius 2 is 0.868 bits per heavy atom. The molecule has 0 aromatic heterocycles. The normalized spacial score (nSPS) is 19.1. The molecule has 0 aromatic carbocycles. The van der Waals surface area contributed by atoms with E-state index >= 15 is 0 Å². The number of hydrogen-bond donors (Lipinski definition) is 3. The van der Waals surface area contributed by atoms with Crippen LogP contribution in [0.15, 0.2) is 0 Å². The molecule has 6 nitrogen and oxygen atoms in total. The molecule has 0 radical (unpaired) electrons. The fourth-order valence-corrected chi connectivity index (χ4v) is 4.83. The molecule has 0 aliphatic heterocycles. The molecule has 0 saturated carbocycles. The summed E-state index contributed by atoms with van der Waals surface area (Å²) < 4.78 is 19.5. The van der Waals surface area contributed by atoms with Crippen LogP contribution in [0.5, 0.6) is 0 Å². The van der Waals surface area contributed by atoms with Gasteiger partial charge in [-0.25, -0.2) is 0 Å². The first kappa shape index (κ1) is 37.8. The topological polar surface area (TPSA) is 106 Å². The van der Waals surface area contributed by atoms with Crippen molar-refractivity contribution in [1.82, 2.24) is 0 Å². The fraction of sp³-hybridized carbons (Fsp3) is 1.00. The largest absolute Gasteiger partial charge is 0.378 e. The van der Waals surface area contributed by atoms with Crippen LogP contribution in [-0.4, -0.2) is 53.7 Å². The van der Waals surface area contributed by atoms with Crippen LogP contribution >= 0.6 is 0 Å². The second kappa shape index (κ2) is 14.1. The minimum atomic E-state index is -0.315. The summed E-state index contributed by atoms with van der Waals surface area (Å²) in [6.07, 6.45) is 3.84. The Morgan fingerprint density at radius 3 is 1.16 bits per heavy atom. The zero-order chi connectivity index (χ0) is 30.4. The number of rotatable bonds is 19. The highest BCUT2D eigenvalue weighted by molar-refractivity contribution is 4.93.